The van der Waals surface area contributed by atoms with Crippen molar-refractivity contribution in [3.05, 3.63) is 17.3 Å². The van der Waals surface area contributed by atoms with Gasteiger partial charge in [-0.3, -0.25) is 0 Å². The molecule has 100 valence electrons. The number of halogens is 1. The molecular weight excluding hydrogens is 246 g/mol. The van der Waals surface area contributed by atoms with Crippen molar-refractivity contribution in [2.24, 2.45) is 11.3 Å². The van der Waals surface area contributed by atoms with Crippen molar-refractivity contribution in [3.63, 3.8) is 0 Å². The number of hydrogen-bond acceptors (Lipinski definition) is 3. The summed E-state index contributed by atoms with van der Waals surface area (Å²) in [5, 5.41) is 0.657. The summed E-state index contributed by atoms with van der Waals surface area (Å²) in [5.74, 6) is 1.65. The Morgan fingerprint density at radius 1 is 1.33 bits per heavy atom. The van der Waals surface area contributed by atoms with E-state index in [0.29, 0.717) is 16.1 Å². The van der Waals surface area contributed by atoms with E-state index in [-0.39, 0.29) is 0 Å². The van der Waals surface area contributed by atoms with Crippen LogP contribution in [-0.2, 0) is 0 Å². The fourth-order valence-electron chi connectivity index (χ4n) is 2.64. The smallest absolute Gasteiger partial charge is 0.147 e. The van der Waals surface area contributed by atoms with Gasteiger partial charge in [-0.05, 0) is 30.2 Å². The molecule has 0 amide bonds. The van der Waals surface area contributed by atoms with Crippen molar-refractivity contribution in [2.75, 3.05) is 23.7 Å². The topological polar surface area (TPSA) is 42.2 Å². The lowest BCUT2D eigenvalue weighted by Crippen LogP contribution is -2.38. The minimum Gasteiger partial charge on any atom is -0.397 e. The first-order chi connectivity index (χ1) is 8.38. The average Bonchev–Trinajstić information content (AvgIpc) is 2.28. The van der Waals surface area contributed by atoms with Crippen LogP contribution in [0.4, 0.5) is 11.5 Å². The van der Waals surface area contributed by atoms with Crippen molar-refractivity contribution in [1.29, 1.82) is 0 Å². The molecule has 1 saturated heterocycles. The van der Waals surface area contributed by atoms with E-state index in [1.54, 1.807) is 12.3 Å². The Morgan fingerprint density at radius 2 is 1.94 bits per heavy atom. The molecule has 0 atom stereocenters. The first-order valence-corrected chi connectivity index (χ1v) is 6.91. The van der Waals surface area contributed by atoms with Crippen LogP contribution in [0.3, 0.4) is 0 Å². The van der Waals surface area contributed by atoms with Gasteiger partial charge in [0, 0.05) is 13.1 Å². The van der Waals surface area contributed by atoms with Gasteiger partial charge in [-0.25, -0.2) is 4.98 Å². The van der Waals surface area contributed by atoms with Crippen LogP contribution in [0.5, 0.6) is 0 Å². The normalized spacial score (nSPS) is 18.1. The van der Waals surface area contributed by atoms with E-state index in [0.717, 1.165) is 24.8 Å². The number of hydrogen-bond donors (Lipinski definition) is 1. The van der Waals surface area contributed by atoms with Gasteiger partial charge in [-0.1, -0.05) is 32.4 Å². The molecule has 1 aromatic rings. The van der Waals surface area contributed by atoms with E-state index in [1.807, 2.05) is 0 Å². The number of nitrogens with zero attached hydrogens (tertiary/aromatic N) is 2. The number of aromatic nitrogens is 1. The van der Waals surface area contributed by atoms with Gasteiger partial charge in [-0.2, -0.15) is 0 Å². The number of pyridine rings is 1. The SMILES string of the molecule is CC(C)(C)C1CCN(c2ncc(N)cc2Cl)CC1. The Morgan fingerprint density at radius 3 is 2.44 bits per heavy atom. The van der Waals surface area contributed by atoms with Crippen LogP contribution >= 0.6 is 11.6 Å². The lowest BCUT2D eigenvalue weighted by Gasteiger charge is -2.39. The second-order valence-corrected chi connectivity index (χ2v) is 6.61. The molecule has 2 N–H and O–H groups in total. The van der Waals surface area contributed by atoms with E-state index < -0.39 is 0 Å². The standard InChI is InChI=1S/C14H22ClN3/c1-14(2,3)10-4-6-18(7-5-10)13-12(15)8-11(16)9-17-13/h8-10H,4-7,16H2,1-3H3. The van der Waals surface area contributed by atoms with E-state index >= 15 is 0 Å². The number of rotatable bonds is 1. The second-order valence-electron chi connectivity index (χ2n) is 6.20. The van der Waals surface area contributed by atoms with Gasteiger partial charge >= 0.3 is 0 Å². The van der Waals surface area contributed by atoms with Crippen molar-refractivity contribution < 1.29 is 0 Å². The highest BCUT2D eigenvalue weighted by atomic mass is 35.5. The van der Waals surface area contributed by atoms with Crippen LogP contribution < -0.4 is 10.6 Å². The summed E-state index contributed by atoms with van der Waals surface area (Å²) >= 11 is 6.20. The molecular formula is C14H22ClN3. The summed E-state index contributed by atoms with van der Waals surface area (Å²) in [6.45, 7) is 9.02. The molecule has 0 aliphatic carbocycles. The molecule has 2 heterocycles. The summed E-state index contributed by atoms with van der Waals surface area (Å²) in [5.41, 5.74) is 6.68. The fraction of sp³-hybridized carbons (Fsp3) is 0.643. The maximum absolute atomic E-state index is 6.20. The lowest BCUT2D eigenvalue weighted by molar-refractivity contribution is 0.198. The first-order valence-electron chi connectivity index (χ1n) is 6.54. The zero-order valence-corrected chi connectivity index (χ0v) is 12.2. The Bertz CT molecular complexity index is 418. The van der Waals surface area contributed by atoms with E-state index in [2.05, 4.69) is 30.7 Å². The van der Waals surface area contributed by atoms with Gasteiger partial charge in [0.25, 0.3) is 0 Å². The third-order valence-corrected chi connectivity index (χ3v) is 4.14. The lowest BCUT2D eigenvalue weighted by atomic mass is 9.75. The quantitative estimate of drug-likeness (QED) is 0.846. The predicted molar refractivity (Wildman–Crippen MR) is 78.1 cm³/mol. The van der Waals surface area contributed by atoms with Gasteiger partial charge in [0.1, 0.15) is 5.82 Å². The minimum absolute atomic E-state index is 0.393. The van der Waals surface area contributed by atoms with Crippen LogP contribution in [0.25, 0.3) is 0 Å². The van der Waals surface area contributed by atoms with Crippen molar-refractivity contribution in [3.8, 4) is 0 Å². The Hall–Kier alpha value is -0.960. The highest BCUT2D eigenvalue weighted by Gasteiger charge is 2.29. The van der Waals surface area contributed by atoms with Crippen molar-refractivity contribution in [1.82, 2.24) is 4.98 Å². The molecule has 0 bridgehead atoms. The molecule has 1 fully saturated rings. The predicted octanol–water partition coefficient (Wildman–Crippen LogP) is 3.58. The van der Waals surface area contributed by atoms with Crippen LogP contribution in [0.2, 0.25) is 5.02 Å². The molecule has 1 aliphatic rings. The molecule has 18 heavy (non-hydrogen) atoms. The van der Waals surface area contributed by atoms with Gasteiger partial charge in [0.2, 0.25) is 0 Å². The molecule has 0 radical (unpaired) electrons. The molecule has 1 aromatic heterocycles. The minimum atomic E-state index is 0.393. The highest BCUT2D eigenvalue weighted by molar-refractivity contribution is 6.33. The molecule has 3 nitrogen and oxygen atoms in total. The van der Waals surface area contributed by atoms with Gasteiger partial charge < -0.3 is 10.6 Å². The zero-order valence-electron chi connectivity index (χ0n) is 11.4. The maximum atomic E-state index is 6.20. The maximum Gasteiger partial charge on any atom is 0.147 e. The monoisotopic (exact) mass is 267 g/mol. The van der Waals surface area contributed by atoms with Gasteiger partial charge in [0.15, 0.2) is 0 Å². The van der Waals surface area contributed by atoms with Gasteiger partial charge in [0.05, 0.1) is 16.9 Å². The van der Waals surface area contributed by atoms with Crippen LogP contribution in [0, 0.1) is 11.3 Å². The van der Waals surface area contributed by atoms with Crippen molar-refractivity contribution >= 4 is 23.1 Å². The largest absolute Gasteiger partial charge is 0.397 e. The Balaban J connectivity index is 2.06. The van der Waals surface area contributed by atoms with Crippen LogP contribution in [-0.4, -0.2) is 18.1 Å². The summed E-state index contributed by atoms with van der Waals surface area (Å²) in [6.07, 6.45) is 4.08. The highest BCUT2D eigenvalue weighted by Crippen LogP contribution is 2.36. The van der Waals surface area contributed by atoms with Crippen molar-refractivity contribution in [2.45, 2.75) is 33.6 Å². The molecule has 1 aliphatic heterocycles. The number of nitrogen functional groups attached to an aromatic ring is 1. The van der Waals surface area contributed by atoms with Crippen LogP contribution in [0.1, 0.15) is 33.6 Å². The molecule has 0 unspecified atom stereocenters. The summed E-state index contributed by atoms with van der Waals surface area (Å²) < 4.78 is 0. The average molecular weight is 268 g/mol. The Kier molecular flexibility index (Phi) is 3.71. The number of nitrogens with two attached hydrogens (primary N) is 1. The van der Waals surface area contributed by atoms with Crippen LogP contribution in [0.15, 0.2) is 12.3 Å². The van der Waals surface area contributed by atoms with E-state index in [4.69, 9.17) is 17.3 Å². The van der Waals surface area contributed by atoms with E-state index in [1.165, 1.54) is 12.8 Å². The number of anilines is 2. The fourth-order valence-corrected chi connectivity index (χ4v) is 2.93. The third kappa shape index (κ3) is 2.89. The summed E-state index contributed by atoms with van der Waals surface area (Å²) in [6, 6.07) is 1.78. The third-order valence-electron chi connectivity index (χ3n) is 3.86. The molecule has 2 rings (SSSR count). The van der Waals surface area contributed by atoms with E-state index in [9.17, 15) is 0 Å². The molecule has 0 saturated carbocycles. The first kappa shape index (κ1) is 13.5. The molecule has 0 spiro atoms. The summed E-state index contributed by atoms with van der Waals surface area (Å²) in [4.78, 5) is 6.63. The van der Waals surface area contributed by atoms with Gasteiger partial charge in [-0.15, -0.1) is 0 Å². The number of piperidine rings is 1. The Labute approximate surface area is 114 Å². The molecule has 0 aromatic carbocycles. The zero-order chi connectivity index (χ0) is 13.3. The molecule has 4 heteroatoms. The second kappa shape index (κ2) is 4.96. The summed E-state index contributed by atoms with van der Waals surface area (Å²) in [7, 11) is 0.